The van der Waals surface area contributed by atoms with Crippen LogP contribution in [0.4, 0.5) is 4.79 Å². The van der Waals surface area contributed by atoms with Crippen molar-refractivity contribution in [3.8, 4) is 0 Å². The van der Waals surface area contributed by atoms with Gasteiger partial charge in [-0.05, 0) is 16.7 Å². The molecule has 3 aromatic carbocycles. The Morgan fingerprint density at radius 3 is 1.56 bits per heavy atom. The van der Waals surface area contributed by atoms with E-state index in [2.05, 4.69) is 16.1 Å². The molecule has 3 rings (SSSR count). The first-order valence-electron chi connectivity index (χ1n) is 10.9. The molecule has 0 aromatic heterocycles. The molecule has 8 heteroatoms. The van der Waals surface area contributed by atoms with Crippen LogP contribution in [0, 0.1) is 0 Å². The van der Waals surface area contributed by atoms with Crippen LogP contribution < -0.4 is 21.9 Å². The highest BCUT2D eigenvalue weighted by molar-refractivity contribution is 5.91. The van der Waals surface area contributed by atoms with Gasteiger partial charge in [-0.15, -0.1) is 0 Å². The van der Waals surface area contributed by atoms with Gasteiger partial charge in [-0.1, -0.05) is 91.0 Å². The topological polar surface area (TPSA) is 123 Å². The summed E-state index contributed by atoms with van der Waals surface area (Å²) in [5.74, 6) is 4.27. The van der Waals surface area contributed by atoms with Crippen LogP contribution in [-0.2, 0) is 33.8 Å². The molecule has 3 amide bonds. The van der Waals surface area contributed by atoms with Gasteiger partial charge < -0.3 is 15.4 Å². The van der Waals surface area contributed by atoms with E-state index >= 15 is 0 Å². The molecule has 0 bridgehead atoms. The predicted molar refractivity (Wildman–Crippen MR) is 128 cm³/mol. The summed E-state index contributed by atoms with van der Waals surface area (Å²) < 4.78 is 5.29. The number of ether oxygens (including phenoxy) is 1. The minimum Gasteiger partial charge on any atom is -0.445 e. The molecule has 0 aliphatic rings. The molecule has 0 aliphatic heterocycles. The second-order valence-corrected chi connectivity index (χ2v) is 7.71. The Morgan fingerprint density at radius 2 is 1.09 bits per heavy atom. The van der Waals surface area contributed by atoms with Gasteiger partial charge in [-0.2, -0.15) is 0 Å². The van der Waals surface area contributed by atoms with Crippen molar-refractivity contribution in [3.63, 3.8) is 0 Å². The van der Waals surface area contributed by atoms with Crippen LogP contribution in [-0.4, -0.2) is 30.0 Å². The maximum atomic E-state index is 13.2. The molecule has 5 N–H and O–H groups in total. The van der Waals surface area contributed by atoms with E-state index < -0.39 is 30.0 Å². The van der Waals surface area contributed by atoms with Crippen molar-refractivity contribution in [1.82, 2.24) is 16.1 Å². The summed E-state index contributed by atoms with van der Waals surface area (Å²) in [4.78, 5) is 38.0. The SMILES string of the molecule is NNC(=O)C(Cc1ccccc1)NC(=O)C(Cc1ccccc1)NC(=O)OCc1ccccc1. The van der Waals surface area contributed by atoms with Gasteiger partial charge in [0.05, 0.1) is 0 Å². The second-order valence-electron chi connectivity index (χ2n) is 7.71. The standard InChI is InChI=1S/C26H28N4O4/c27-30-25(32)23(17-20-12-6-2-7-13-20)28-24(31)22(16-19-10-4-1-5-11-19)29-26(33)34-18-21-14-8-3-9-15-21/h1-15,22-23H,16-18,27H2,(H,28,31)(H,29,33)(H,30,32). The van der Waals surface area contributed by atoms with Crippen molar-refractivity contribution in [3.05, 3.63) is 108 Å². The van der Waals surface area contributed by atoms with Crippen molar-refractivity contribution in [1.29, 1.82) is 0 Å². The molecule has 2 atom stereocenters. The molecular weight excluding hydrogens is 432 g/mol. The summed E-state index contributed by atoms with van der Waals surface area (Å²) in [7, 11) is 0. The number of hydrogen-bond donors (Lipinski definition) is 4. The fourth-order valence-corrected chi connectivity index (χ4v) is 3.40. The van der Waals surface area contributed by atoms with Crippen LogP contribution in [0.25, 0.3) is 0 Å². The molecule has 34 heavy (non-hydrogen) atoms. The molecule has 0 radical (unpaired) electrons. The maximum absolute atomic E-state index is 13.2. The quantitative estimate of drug-likeness (QED) is 0.210. The highest BCUT2D eigenvalue weighted by Crippen LogP contribution is 2.08. The van der Waals surface area contributed by atoms with E-state index in [4.69, 9.17) is 10.6 Å². The summed E-state index contributed by atoms with van der Waals surface area (Å²) in [5.41, 5.74) is 4.61. The van der Waals surface area contributed by atoms with Gasteiger partial charge in [-0.3, -0.25) is 15.0 Å². The predicted octanol–water partition coefficient (Wildman–Crippen LogP) is 2.24. The van der Waals surface area contributed by atoms with Crippen LogP contribution in [0.5, 0.6) is 0 Å². The zero-order valence-electron chi connectivity index (χ0n) is 18.6. The minimum absolute atomic E-state index is 0.0680. The van der Waals surface area contributed by atoms with Gasteiger partial charge in [0, 0.05) is 12.8 Å². The zero-order valence-corrected chi connectivity index (χ0v) is 18.6. The Labute approximate surface area is 198 Å². The number of amides is 3. The average Bonchev–Trinajstić information content (AvgIpc) is 2.88. The third-order valence-electron chi connectivity index (χ3n) is 5.16. The van der Waals surface area contributed by atoms with Gasteiger partial charge in [0.25, 0.3) is 5.91 Å². The number of hydrogen-bond acceptors (Lipinski definition) is 5. The highest BCUT2D eigenvalue weighted by Gasteiger charge is 2.27. The largest absolute Gasteiger partial charge is 0.445 e. The summed E-state index contributed by atoms with van der Waals surface area (Å²) in [6, 6.07) is 25.9. The summed E-state index contributed by atoms with van der Waals surface area (Å²) in [6.07, 6.45) is -0.274. The van der Waals surface area contributed by atoms with Crippen molar-refractivity contribution in [2.24, 2.45) is 5.84 Å². The first-order valence-corrected chi connectivity index (χ1v) is 10.9. The number of alkyl carbamates (subject to hydrolysis) is 1. The van der Waals surface area contributed by atoms with E-state index in [0.717, 1.165) is 16.7 Å². The summed E-state index contributed by atoms with van der Waals surface area (Å²) in [6.45, 7) is 0.0680. The Kier molecular flexibility index (Phi) is 9.19. The number of nitrogens with one attached hydrogen (secondary N) is 3. The maximum Gasteiger partial charge on any atom is 0.408 e. The Hall–Kier alpha value is -4.17. The van der Waals surface area contributed by atoms with E-state index in [-0.39, 0.29) is 19.4 Å². The normalized spacial score (nSPS) is 12.1. The Balaban J connectivity index is 1.70. The lowest BCUT2D eigenvalue weighted by Gasteiger charge is -2.23. The van der Waals surface area contributed by atoms with Crippen LogP contribution in [0.2, 0.25) is 0 Å². The smallest absolute Gasteiger partial charge is 0.408 e. The van der Waals surface area contributed by atoms with Crippen LogP contribution >= 0.6 is 0 Å². The second kappa shape index (κ2) is 12.8. The van der Waals surface area contributed by atoms with Crippen LogP contribution in [0.1, 0.15) is 16.7 Å². The van der Waals surface area contributed by atoms with Gasteiger partial charge >= 0.3 is 6.09 Å². The number of rotatable bonds is 10. The Morgan fingerprint density at radius 1 is 0.647 bits per heavy atom. The van der Waals surface area contributed by atoms with Gasteiger partial charge in [0.2, 0.25) is 5.91 Å². The summed E-state index contributed by atoms with van der Waals surface area (Å²) in [5, 5.41) is 5.34. The van der Waals surface area contributed by atoms with E-state index in [1.54, 1.807) is 0 Å². The third kappa shape index (κ3) is 7.75. The lowest BCUT2D eigenvalue weighted by molar-refractivity contribution is -0.130. The average molecular weight is 461 g/mol. The Bertz CT molecular complexity index is 1060. The van der Waals surface area contributed by atoms with Crippen molar-refractivity contribution >= 4 is 17.9 Å². The zero-order chi connectivity index (χ0) is 24.2. The van der Waals surface area contributed by atoms with Crippen molar-refractivity contribution in [2.75, 3.05) is 0 Å². The number of hydrazine groups is 1. The number of benzene rings is 3. The molecule has 2 unspecified atom stereocenters. The first-order chi connectivity index (χ1) is 16.5. The van der Waals surface area contributed by atoms with Gasteiger partial charge in [0.1, 0.15) is 18.7 Å². The number of carbonyl (C=O) groups excluding carboxylic acids is 3. The molecule has 0 saturated carbocycles. The molecule has 0 saturated heterocycles. The van der Waals surface area contributed by atoms with E-state index in [1.807, 2.05) is 91.0 Å². The lowest BCUT2D eigenvalue weighted by atomic mass is 10.0. The number of nitrogens with two attached hydrogens (primary N) is 1. The molecule has 0 spiro atoms. The highest BCUT2D eigenvalue weighted by atomic mass is 16.5. The van der Waals surface area contributed by atoms with E-state index in [0.29, 0.717) is 0 Å². The molecule has 0 fully saturated rings. The van der Waals surface area contributed by atoms with E-state index in [9.17, 15) is 14.4 Å². The molecule has 0 aliphatic carbocycles. The van der Waals surface area contributed by atoms with Crippen LogP contribution in [0.3, 0.4) is 0 Å². The minimum atomic E-state index is -0.963. The monoisotopic (exact) mass is 460 g/mol. The van der Waals surface area contributed by atoms with Gasteiger partial charge in [-0.25, -0.2) is 10.6 Å². The molecular formula is C26H28N4O4. The van der Waals surface area contributed by atoms with Crippen molar-refractivity contribution < 1.29 is 19.1 Å². The third-order valence-corrected chi connectivity index (χ3v) is 5.16. The molecule has 176 valence electrons. The van der Waals surface area contributed by atoms with Crippen molar-refractivity contribution in [2.45, 2.75) is 31.5 Å². The number of carbonyl (C=O) groups is 3. The van der Waals surface area contributed by atoms with Crippen LogP contribution in [0.15, 0.2) is 91.0 Å². The molecule has 0 heterocycles. The fraction of sp³-hybridized carbons (Fsp3) is 0.192. The van der Waals surface area contributed by atoms with E-state index in [1.165, 1.54) is 0 Å². The lowest BCUT2D eigenvalue weighted by Crippen LogP contribution is -2.56. The summed E-state index contributed by atoms with van der Waals surface area (Å²) >= 11 is 0. The van der Waals surface area contributed by atoms with Gasteiger partial charge in [0.15, 0.2) is 0 Å². The molecule has 3 aromatic rings. The molecule has 8 nitrogen and oxygen atoms in total. The fourth-order valence-electron chi connectivity index (χ4n) is 3.40. The first kappa shape index (κ1) is 24.5.